The van der Waals surface area contributed by atoms with Gasteiger partial charge in [0, 0.05) is 16.9 Å². The van der Waals surface area contributed by atoms with Crippen molar-refractivity contribution in [3.8, 4) is 89.0 Å². The van der Waals surface area contributed by atoms with Gasteiger partial charge in [0.1, 0.15) is 0 Å². The first-order valence-electron chi connectivity index (χ1n) is 21.7. The Kier molecular flexibility index (Phi) is 6.82. The molecule has 10 aromatic carbocycles. The van der Waals surface area contributed by atoms with Gasteiger partial charge in [-0.1, -0.05) is 194 Å². The summed E-state index contributed by atoms with van der Waals surface area (Å²) in [5, 5.41) is 0. The molecule has 10 aromatic rings. The molecule has 0 aliphatic heterocycles. The smallest absolute Gasteiger partial charge is 0.0726 e. The minimum atomic E-state index is -0.440. The van der Waals surface area contributed by atoms with Crippen LogP contribution in [-0.2, 0) is 5.41 Å². The van der Waals surface area contributed by atoms with Crippen molar-refractivity contribution in [1.82, 2.24) is 0 Å². The molecule has 14 rings (SSSR count). The number of hydrogen-bond acceptors (Lipinski definition) is 1. The maximum absolute atomic E-state index is 2.53. The SMILES string of the molecule is c1ccc(-c2ccc(N(c3ccc4c(c3)-c3c5cccc3-c3cccc-4c3-c3ccccc3-5)c3cccc4c3-c3ccccc3C43c4ccccc4-c4ccccc43)cc2)cc1. The molecule has 0 aromatic heterocycles. The largest absolute Gasteiger partial charge is 0.310 e. The van der Waals surface area contributed by atoms with Gasteiger partial charge in [-0.2, -0.15) is 0 Å². The number of hydrogen-bond donors (Lipinski definition) is 0. The Morgan fingerprint density at radius 3 is 1.34 bits per heavy atom. The van der Waals surface area contributed by atoms with E-state index in [1.807, 2.05) is 0 Å². The highest BCUT2D eigenvalue weighted by molar-refractivity contribution is 6.15. The summed E-state index contributed by atoms with van der Waals surface area (Å²) < 4.78 is 0. The molecule has 286 valence electrons. The van der Waals surface area contributed by atoms with E-state index in [9.17, 15) is 0 Å². The van der Waals surface area contributed by atoms with Crippen LogP contribution in [0.15, 0.2) is 224 Å². The molecule has 1 nitrogen and oxygen atoms in total. The van der Waals surface area contributed by atoms with Crippen LogP contribution in [0.3, 0.4) is 0 Å². The third-order valence-electron chi connectivity index (χ3n) is 14.2. The lowest BCUT2D eigenvalue weighted by Gasteiger charge is -2.32. The lowest BCUT2D eigenvalue weighted by Crippen LogP contribution is -2.26. The van der Waals surface area contributed by atoms with Gasteiger partial charge in [-0.05, 0) is 136 Å². The molecule has 6 bridgehead atoms. The molecule has 1 spiro atoms. The van der Waals surface area contributed by atoms with E-state index in [-0.39, 0.29) is 0 Å². The molecule has 0 amide bonds. The summed E-state index contributed by atoms with van der Waals surface area (Å²) in [5.74, 6) is 0. The first kappa shape index (κ1) is 33.8. The maximum Gasteiger partial charge on any atom is 0.0726 e. The predicted molar refractivity (Wildman–Crippen MR) is 257 cm³/mol. The Labute approximate surface area is 361 Å². The number of benzene rings is 10. The van der Waals surface area contributed by atoms with Crippen molar-refractivity contribution in [2.24, 2.45) is 0 Å². The van der Waals surface area contributed by atoms with Crippen molar-refractivity contribution < 1.29 is 0 Å². The minimum Gasteiger partial charge on any atom is -0.310 e. The fourth-order valence-electron chi connectivity index (χ4n) is 11.8. The van der Waals surface area contributed by atoms with Crippen LogP contribution in [0, 0.1) is 0 Å². The summed E-state index contributed by atoms with van der Waals surface area (Å²) in [4.78, 5) is 2.53. The van der Waals surface area contributed by atoms with Crippen molar-refractivity contribution >= 4 is 17.1 Å². The van der Waals surface area contributed by atoms with E-state index in [4.69, 9.17) is 0 Å². The standard InChI is InChI=1S/C61H37N/c1-2-15-38(16-3-1)39-31-33-40(34-32-39)62(41-35-36-43-48-23-13-24-49-50-25-12-22-47(59(50)52(43)37-41)42-17-4-5-20-46(42)58(48)49)57-30-14-29-56-60(57)51-21-8-11-28-55(51)61(56)53-26-9-6-18-44(53)45-19-7-10-27-54(45)61/h1-37H. The molecule has 0 saturated heterocycles. The monoisotopic (exact) mass is 783 g/mol. The highest BCUT2D eigenvalue weighted by Crippen LogP contribution is 2.65. The molecule has 0 radical (unpaired) electrons. The van der Waals surface area contributed by atoms with Gasteiger partial charge in [-0.15, -0.1) is 0 Å². The summed E-state index contributed by atoms with van der Waals surface area (Å²) in [7, 11) is 0. The van der Waals surface area contributed by atoms with Gasteiger partial charge < -0.3 is 4.90 Å². The summed E-state index contributed by atoms with van der Waals surface area (Å²) in [5.41, 5.74) is 28.9. The second-order valence-corrected chi connectivity index (χ2v) is 17.1. The van der Waals surface area contributed by atoms with Gasteiger partial charge in [-0.3, -0.25) is 0 Å². The first-order chi connectivity index (χ1) is 30.8. The summed E-state index contributed by atoms with van der Waals surface area (Å²) in [6.07, 6.45) is 0. The highest BCUT2D eigenvalue weighted by atomic mass is 15.1. The van der Waals surface area contributed by atoms with E-state index < -0.39 is 5.41 Å². The first-order valence-corrected chi connectivity index (χ1v) is 21.7. The summed E-state index contributed by atoms with van der Waals surface area (Å²) >= 11 is 0. The van der Waals surface area contributed by atoms with E-state index in [1.54, 1.807) is 0 Å². The van der Waals surface area contributed by atoms with Crippen molar-refractivity contribution in [3.63, 3.8) is 0 Å². The van der Waals surface area contributed by atoms with Crippen molar-refractivity contribution in [2.75, 3.05) is 4.90 Å². The lowest BCUT2D eigenvalue weighted by molar-refractivity contribution is 0.794. The Hall–Kier alpha value is -8.00. The van der Waals surface area contributed by atoms with Gasteiger partial charge >= 0.3 is 0 Å². The van der Waals surface area contributed by atoms with Crippen LogP contribution in [-0.4, -0.2) is 0 Å². The molecule has 0 atom stereocenters. The third kappa shape index (κ3) is 4.32. The highest BCUT2D eigenvalue weighted by Gasteiger charge is 2.52. The second kappa shape index (κ2) is 12.5. The molecule has 4 aliphatic carbocycles. The van der Waals surface area contributed by atoms with E-state index in [2.05, 4.69) is 229 Å². The van der Waals surface area contributed by atoms with E-state index in [0.29, 0.717) is 0 Å². The molecule has 62 heavy (non-hydrogen) atoms. The fraction of sp³-hybridized carbons (Fsp3) is 0.0164. The molecule has 0 unspecified atom stereocenters. The van der Waals surface area contributed by atoms with E-state index in [1.165, 1.54) is 117 Å². The van der Waals surface area contributed by atoms with Gasteiger partial charge in [-0.25, -0.2) is 0 Å². The predicted octanol–water partition coefficient (Wildman–Crippen LogP) is 16.1. The number of nitrogens with zero attached hydrogens (tertiary/aromatic N) is 1. The molecule has 1 heteroatoms. The van der Waals surface area contributed by atoms with Crippen molar-refractivity contribution in [3.05, 3.63) is 247 Å². The van der Waals surface area contributed by atoms with Crippen LogP contribution in [0.1, 0.15) is 22.3 Å². The van der Waals surface area contributed by atoms with Crippen LogP contribution < -0.4 is 4.90 Å². The zero-order valence-electron chi connectivity index (χ0n) is 33.8. The quantitative estimate of drug-likeness (QED) is 0.172. The van der Waals surface area contributed by atoms with Crippen LogP contribution in [0.25, 0.3) is 89.0 Å². The number of rotatable bonds is 4. The molecule has 0 heterocycles. The Bertz CT molecular complexity index is 3450. The molecule has 4 aliphatic rings. The van der Waals surface area contributed by atoms with Crippen molar-refractivity contribution in [1.29, 1.82) is 0 Å². The van der Waals surface area contributed by atoms with Gasteiger partial charge in [0.05, 0.1) is 11.1 Å². The zero-order chi connectivity index (χ0) is 40.5. The Morgan fingerprint density at radius 2 is 0.677 bits per heavy atom. The van der Waals surface area contributed by atoms with E-state index >= 15 is 0 Å². The average molecular weight is 784 g/mol. The van der Waals surface area contributed by atoms with Gasteiger partial charge in [0.15, 0.2) is 0 Å². The maximum atomic E-state index is 2.53. The second-order valence-electron chi connectivity index (χ2n) is 17.1. The van der Waals surface area contributed by atoms with Crippen LogP contribution >= 0.6 is 0 Å². The van der Waals surface area contributed by atoms with E-state index in [0.717, 1.165) is 11.4 Å². The van der Waals surface area contributed by atoms with Gasteiger partial charge in [0.2, 0.25) is 0 Å². The normalized spacial score (nSPS) is 13.3. The van der Waals surface area contributed by atoms with Crippen LogP contribution in [0.2, 0.25) is 0 Å². The molecule has 0 saturated carbocycles. The summed E-state index contributed by atoms with van der Waals surface area (Å²) in [6.45, 7) is 0. The molecular weight excluding hydrogens is 747 g/mol. The zero-order valence-corrected chi connectivity index (χ0v) is 33.8. The number of fused-ring (bicyclic) bond motifs is 14. The summed E-state index contributed by atoms with van der Waals surface area (Å²) in [6, 6.07) is 84.2. The van der Waals surface area contributed by atoms with Crippen LogP contribution in [0.4, 0.5) is 17.1 Å². The molecule has 0 fully saturated rings. The lowest BCUT2D eigenvalue weighted by atomic mass is 9.70. The van der Waals surface area contributed by atoms with Crippen molar-refractivity contribution in [2.45, 2.75) is 5.41 Å². The average Bonchev–Trinajstić information content (AvgIpc) is 3.78. The van der Waals surface area contributed by atoms with Gasteiger partial charge in [0.25, 0.3) is 0 Å². The van der Waals surface area contributed by atoms with Crippen LogP contribution in [0.5, 0.6) is 0 Å². The topological polar surface area (TPSA) is 3.24 Å². The molecular formula is C61H37N. The number of anilines is 3. The Morgan fingerprint density at radius 1 is 0.242 bits per heavy atom. The fourth-order valence-corrected chi connectivity index (χ4v) is 11.8. The molecule has 0 N–H and O–H groups in total. The minimum absolute atomic E-state index is 0.440. The third-order valence-corrected chi connectivity index (χ3v) is 14.2. The Balaban J connectivity index is 1.06.